The Bertz CT molecular complexity index is 940. The van der Waals surface area contributed by atoms with Gasteiger partial charge in [-0.1, -0.05) is 0 Å². The monoisotopic (exact) mass is 350 g/mol. The number of likely N-dealkylation sites (N-methyl/N-ethyl adjacent to an activating group) is 1. The molecule has 1 aliphatic heterocycles. The zero-order chi connectivity index (χ0) is 17.8. The molecule has 4 rings (SSSR count). The Morgan fingerprint density at radius 1 is 1.08 bits per heavy atom. The molecule has 3 aromatic rings. The van der Waals surface area contributed by atoms with Gasteiger partial charge in [0.1, 0.15) is 6.33 Å². The molecule has 0 amide bonds. The fourth-order valence-electron chi connectivity index (χ4n) is 3.20. The first-order valence-corrected chi connectivity index (χ1v) is 7.99. The van der Waals surface area contributed by atoms with Gasteiger partial charge >= 0.3 is 6.18 Å². The van der Waals surface area contributed by atoms with Crippen molar-refractivity contribution in [2.45, 2.75) is 13.1 Å². The maximum atomic E-state index is 13.2. The lowest BCUT2D eigenvalue weighted by Gasteiger charge is -2.33. The summed E-state index contributed by atoms with van der Waals surface area (Å²) in [6, 6.07) is 2.25. The molecule has 0 aliphatic carbocycles. The molecule has 1 fully saturated rings. The first-order valence-electron chi connectivity index (χ1n) is 7.99. The molecular formula is C16H17F3N6. The third-order valence-corrected chi connectivity index (χ3v) is 4.64. The van der Waals surface area contributed by atoms with Crippen LogP contribution in [0.15, 0.2) is 18.5 Å². The Morgan fingerprint density at radius 2 is 1.80 bits per heavy atom. The number of nitrogens with zero attached hydrogens (tertiary/aromatic N) is 6. The van der Waals surface area contributed by atoms with Crippen LogP contribution in [0.25, 0.3) is 16.7 Å². The van der Waals surface area contributed by atoms with Gasteiger partial charge in [0.15, 0.2) is 5.82 Å². The Morgan fingerprint density at radius 3 is 2.48 bits per heavy atom. The molecule has 1 aromatic carbocycles. The van der Waals surface area contributed by atoms with Gasteiger partial charge < -0.3 is 9.80 Å². The number of alkyl halides is 3. The highest BCUT2D eigenvalue weighted by Crippen LogP contribution is 2.34. The van der Waals surface area contributed by atoms with E-state index in [-0.39, 0.29) is 0 Å². The zero-order valence-corrected chi connectivity index (χ0v) is 13.9. The van der Waals surface area contributed by atoms with E-state index in [1.165, 1.54) is 6.33 Å². The molecule has 6 nitrogen and oxygen atoms in total. The third-order valence-electron chi connectivity index (χ3n) is 4.64. The second-order valence-electron chi connectivity index (χ2n) is 6.41. The molecule has 9 heteroatoms. The number of anilines is 1. The second-order valence-corrected chi connectivity index (χ2v) is 6.41. The fourth-order valence-corrected chi connectivity index (χ4v) is 3.20. The molecule has 0 saturated carbocycles. The molecule has 0 radical (unpaired) electrons. The van der Waals surface area contributed by atoms with Crippen molar-refractivity contribution in [3.63, 3.8) is 0 Å². The highest BCUT2D eigenvalue weighted by Gasteiger charge is 2.32. The molecule has 1 saturated heterocycles. The van der Waals surface area contributed by atoms with Crippen molar-refractivity contribution in [3.05, 3.63) is 29.6 Å². The summed E-state index contributed by atoms with van der Waals surface area (Å²) in [6.45, 7) is 5.01. The lowest BCUT2D eigenvalue weighted by molar-refractivity contribution is -0.137. The van der Waals surface area contributed by atoms with Crippen LogP contribution in [0, 0.1) is 6.92 Å². The molecule has 0 spiro atoms. The number of rotatable bonds is 1. The smallest absolute Gasteiger partial charge is 0.351 e. The summed E-state index contributed by atoms with van der Waals surface area (Å²) >= 11 is 0. The van der Waals surface area contributed by atoms with E-state index in [1.807, 2.05) is 0 Å². The molecule has 0 atom stereocenters. The van der Waals surface area contributed by atoms with E-state index in [1.54, 1.807) is 11.3 Å². The van der Waals surface area contributed by atoms with Gasteiger partial charge in [0.05, 0.1) is 16.6 Å². The van der Waals surface area contributed by atoms with Crippen molar-refractivity contribution >= 4 is 22.5 Å². The Hall–Kier alpha value is -2.42. The topological polar surface area (TPSA) is 49.6 Å². The van der Waals surface area contributed by atoms with Crippen LogP contribution in [0.5, 0.6) is 0 Å². The van der Waals surface area contributed by atoms with Crippen LogP contribution in [0.3, 0.4) is 0 Å². The molecule has 132 valence electrons. The normalized spacial score (nSPS) is 16.9. The lowest BCUT2D eigenvalue weighted by Crippen LogP contribution is -2.45. The molecule has 0 unspecified atom stereocenters. The van der Waals surface area contributed by atoms with E-state index in [0.29, 0.717) is 28.1 Å². The number of hydrogen-bond donors (Lipinski definition) is 0. The van der Waals surface area contributed by atoms with E-state index in [2.05, 4.69) is 32.0 Å². The SMILES string of the molecule is Cc1cc(C(F)(F)F)cc2c1nc(N1CCN(C)CC1)c1nncn12. The number of hydrogen-bond acceptors (Lipinski definition) is 5. The van der Waals surface area contributed by atoms with Crippen molar-refractivity contribution in [2.75, 3.05) is 38.1 Å². The van der Waals surface area contributed by atoms with Crippen molar-refractivity contribution in [1.29, 1.82) is 0 Å². The Labute approximate surface area is 141 Å². The molecule has 3 heterocycles. The first kappa shape index (κ1) is 16.1. The quantitative estimate of drug-likeness (QED) is 0.674. The Balaban J connectivity index is 1.94. The molecule has 1 aliphatic rings. The van der Waals surface area contributed by atoms with Crippen LogP contribution in [0.1, 0.15) is 11.1 Å². The minimum absolute atomic E-state index is 0.366. The van der Waals surface area contributed by atoms with E-state index < -0.39 is 11.7 Å². The average Bonchev–Trinajstić information content (AvgIpc) is 3.04. The van der Waals surface area contributed by atoms with Crippen molar-refractivity contribution in [1.82, 2.24) is 24.5 Å². The van der Waals surface area contributed by atoms with Crippen molar-refractivity contribution in [2.24, 2.45) is 0 Å². The molecular weight excluding hydrogens is 333 g/mol. The van der Waals surface area contributed by atoms with Crippen molar-refractivity contribution in [3.8, 4) is 0 Å². The summed E-state index contributed by atoms with van der Waals surface area (Å²) < 4.78 is 41.1. The van der Waals surface area contributed by atoms with Crippen LogP contribution in [-0.4, -0.2) is 57.7 Å². The molecule has 25 heavy (non-hydrogen) atoms. The molecule has 0 N–H and O–H groups in total. The van der Waals surface area contributed by atoms with Gasteiger partial charge in [-0.25, -0.2) is 4.98 Å². The fraction of sp³-hybridized carbons (Fsp3) is 0.438. The van der Waals surface area contributed by atoms with Gasteiger partial charge in [-0.05, 0) is 31.7 Å². The summed E-state index contributed by atoms with van der Waals surface area (Å²) in [7, 11) is 2.06. The average molecular weight is 350 g/mol. The van der Waals surface area contributed by atoms with Gasteiger partial charge in [0.25, 0.3) is 0 Å². The van der Waals surface area contributed by atoms with Crippen LogP contribution in [0.2, 0.25) is 0 Å². The van der Waals surface area contributed by atoms with Crippen LogP contribution >= 0.6 is 0 Å². The summed E-state index contributed by atoms with van der Waals surface area (Å²) in [5, 5.41) is 8.00. The molecule has 2 aromatic heterocycles. The number of fused-ring (bicyclic) bond motifs is 3. The lowest BCUT2D eigenvalue weighted by atomic mass is 10.1. The van der Waals surface area contributed by atoms with Gasteiger partial charge in [-0.2, -0.15) is 13.2 Å². The van der Waals surface area contributed by atoms with E-state index >= 15 is 0 Å². The number of benzene rings is 1. The highest BCUT2D eigenvalue weighted by atomic mass is 19.4. The third kappa shape index (κ3) is 2.68. The number of aromatic nitrogens is 4. The van der Waals surface area contributed by atoms with Gasteiger partial charge in [-0.15, -0.1) is 10.2 Å². The van der Waals surface area contributed by atoms with Crippen LogP contribution in [0.4, 0.5) is 19.0 Å². The van der Waals surface area contributed by atoms with Crippen molar-refractivity contribution < 1.29 is 13.2 Å². The summed E-state index contributed by atoms with van der Waals surface area (Å²) in [5.74, 6) is 0.668. The summed E-state index contributed by atoms with van der Waals surface area (Å²) in [6.07, 6.45) is -2.96. The van der Waals surface area contributed by atoms with Gasteiger partial charge in [0.2, 0.25) is 5.65 Å². The predicted molar refractivity (Wildman–Crippen MR) is 87.7 cm³/mol. The van der Waals surface area contributed by atoms with E-state index in [4.69, 9.17) is 0 Å². The summed E-state index contributed by atoms with van der Waals surface area (Å²) in [5.41, 5.74) is 1.17. The molecule has 0 bridgehead atoms. The second kappa shape index (κ2) is 5.55. The first-order chi connectivity index (χ1) is 11.8. The maximum absolute atomic E-state index is 13.2. The number of piperazine rings is 1. The largest absolute Gasteiger partial charge is 0.416 e. The Kier molecular flexibility index (Phi) is 3.57. The number of aryl methyl sites for hydroxylation is 1. The minimum Gasteiger partial charge on any atom is -0.351 e. The summed E-state index contributed by atoms with van der Waals surface area (Å²) in [4.78, 5) is 9.00. The van der Waals surface area contributed by atoms with E-state index in [0.717, 1.165) is 38.3 Å². The number of halogens is 3. The minimum atomic E-state index is -4.41. The van der Waals surface area contributed by atoms with E-state index in [9.17, 15) is 13.2 Å². The van der Waals surface area contributed by atoms with Gasteiger partial charge in [-0.3, -0.25) is 4.40 Å². The predicted octanol–water partition coefficient (Wildman–Crippen LogP) is 2.36. The standard InChI is InChI=1S/C16H17F3N6/c1-10-7-11(16(17,18)19)8-12-13(10)21-14(15-22-20-9-25(12)15)24-5-3-23(2)4-6-24/h7-9H,3-6H2,1-2H3. The highest BCUT2D eigenvalue weighted by molar-refractivity contribution is 5.86. The van der Waals surface area contributed by atoms with Crippen LogP contribution < -0.4 is 4.90 Å². The van der Waals surface area contributed by atoms with Gasteiger partial charge in [0, 0.05) is 26.2 Å². The maximum Gasteiger partial charge on any atom is 0.416 e. The zero-order valence-electron chi connectivity index (χ0n) is 13.9. The van der Waals surface area contributed by atoms with Crippen LogP contribution in [-0.2, 0) is 6.18 Å².